The molecule has 57 heavy (non-hydrogen) atoms. The predicted molar refractivity (Wildman–Crippen MR) is 210 cm³/mol. The summed E-state index contributed by atoms with van der Waals surface area (Å²) in [6, 6.07) is 0. The van der Waals surface area contributed by atoms with Crippen molar-refractivity contribution in [3.05, 3.63) is 11.6 Å². The van der Waals surface area contributed by atoms with Gasteiger partial charge in [-0.15, -0.1) is 0 Å². The molecule has 13 heteroatoms. The summed E-state index contributed by atoms with van der Waals surface area (Å²) in [6.07, 6.45) is 6.24. The van der Waals surface area contributed by atoms with E-state index in [1.165, 1.54) is 0 Å². The topological polar surface area (TPSA) is 223 Å². The second-order valence-electron chi connectivity index (χ2n) is 20.1. The average Bonchev–Trinajstić information content (AvgIpc) is 3.24. The Labute approximate surface area is 338 Å². The smallest absolute Gasteiger partial charge is 0.333 e. The van der Waals surface area contributed by atoms with Crippen molar-refractivity contribution in [2.45, 2.75) is 152 Å². The molecule has 5 heterocycles. The van der Waals surface area contributed by atoms with Crippen molar-refractivity contribution in [1.82, 2.24) is 5.32 Å². The summed E-state index contributed by atoms with van der Waals surface area (Å²) in [5.41, 5.74) is 13.2. The van der Waals surface area contributed by atoms with Crippen molar-refractivity contribution in [3.8, 4) is 0 Å². The van der Waals surface area contributed by atoms with Gasteiger partial charge < -0.3 is 51.0 Å². The first-order valence-corrected chi connectivity index (χ1v) is 22.7. The number of Topliss-reactive ketones (excluding diaryl/α,β-unsaturated/α-hetero) is 1. The summed E-state index contributed by atoms with van der Waals surface area (Å²) >= 11 is 0. The number of hydrogen-bond acceptors (Lipinski definition) is 12. The van der Waals surface area contributed by atoms with Crippen molar-refractivity contribution in [2.75, 3.05) is 26.3 Å². The lowest BCUT2D eigenvalue weighted by atomic mass is 9.50. The van der Waals surface area contributed by atoms with Crippen molar-refractivity contribution < 1.29 is 49.5 Å². The predicted octanol–water partition coefficient (Wildman–Crippen LogP) is 0.945. The van der Waals surface area contributed by atoms with Crippen LogP contribution in [0.5, 0.6) is 0 Å². The van der Waals surface area contributed by atoms with E-state index in [0.717, 1.165) is 70.9 Å². The van der Waals surface area contributed by atoms with Gasteiger partial charge in [-0.1, -0.05) is 6.08 Å². The lowest BCUT2D eigenvalue weighted by Crippen LogP contribution is -2.95. The molecule has 13 nitrogen and oxygen atoms in total. The molecule has 8 rings (SSSR count). The standard InChI is InChI=1S/C44H72N4O9/c1-4-21(2)43(54)56-33-17-30-39(53)37-32(52)16-27(19-49)55-41(37)38-36-28-11-12-47-42(46)35(28)24(7-6-23-8-9-26(51)15-29(23)31(36)20-50)14-25(44(33,3)57-40(30)38)13-22-5-10-34(45)48-18-22/h4,22-31,33-42,47-51,53H,5-20,45-46H2,1-3H3/p+1. The third-order valence-electron chi connectivity index (χ3n) is 17.3. The molecule has 8 aliphatic rings. The third kappa shape index (κ3) is 7.71. The Kier molecular flexibility index (Phi) is 12.6. The van der Waals surface area contributed by atoms with Crippen molar-refractivity contribution in [3.63, 3.8) is 0 Å². The lowest BCUT2D eigenvalue weighted by Gasteiger charge is -2.63. The summed E-state index contributed by atoms with van der Waals surface area (Å²) in [5.74, 6) is -1.79. The van der Waals surface area contributed by atoms with Crippen LogP contribution in [0.2, 0.25) is 0 Å². The van der Waals surface area contributed by atoms with Crippen molar-refractivity contribution >= 4 is 11.8 Å². The molecule has 5 saturated heterocycles. The molecule has 0 aromatic carbocycles. The van der Waals surface area contributed by atoms with E-state index in [1.807, 2.05) is 6.92 Å². The molecular formula is C44H73N4O9+. The summed E-state index contributed by atoms with van der Waals surface area (Å²) in [7, 11) is 0. The maximum absolute atomic E-state index is 14.3. The van der Waals surface area contributed by atoms with Gasteiger partial charge in [-0.2, -0.15) is 0 Å². The molecule has 3 aliphatic carbocycles. The molecule has 0 aromatic heterocycles. The molecule has 5 aliphatic heterocycles. The maximum atomic E-state index is 14.3. The summed E-state index contributed by atoms with van der Waals surface area (Å²) in [6.45, 7) is 6.96. The molecule has 21 atom stereocenters. The van der Waals surface area contributed by atoms with E-state index in [1.54, 1.807) is 13.0 Å². The van der Waals surface area contributed by atoms with E-state index < -0.39 is 65.9 Å². The molecule has 4 bridgehead atoms. The number of ketones is 1. The monoisotopic (exact) mass is 802 g/mol. The highest BCUT2D eigenvalue weighted by atomic mass is 16.6. The molecule has 0 aromatic rings. The third-order valence-corrected chi connectivity index (χ3v) is 17.3. The summed E-state index contributed by atoms with van der Waals surface area (Å²) in [4.78, 5) is 28.1. The first-order valence-electron chi connectivity index (χ1n) is 22.7. The highest BCUT2D eigenvalue weighted by molar-refractivity contribution is 5.87. The zero-order chi connectivity index (χ0) is 40.3. The highest BCUT2D eigenvalue weighted by Crippen LogP contribution is 2.61. The largest absolute Gasteiger partial charge is 0.456 e. The van der Waals surface area contributed by atoms with Crippen LogP contribution in [0.4, 0.5) is 0 Å². The Balaban J connectivity index is 1.34. The number of ether oxygens (including phenoxy) is 3. The number of aliphatic hydroxyl groups is 4. The molecule has 0 amide bonds. The van der Waals surface area contributed by atoms with Crippen molar-refractivity contribution in [2.24, 2.45) is 82.5 Å². The van der Waals surface area contributed by atoms with Crippen LogP contribution in [0.3, 0.4) is 0 Å². The van der Waals surface area contributed by atoms with Crippen LogP contribution in [0.15, 0.2) is 11.6 Å². The van der Waals surface area contributed by atoms with Gasteiger partial charge >= 0.3 is 5.97 Å². The molecule has 322 valence electrons. The van der Waals surface area contributed by atoms with E-state index >= 15 is 0 Å². The number of esters is 1. The molecule has 8 fully saturated rings. The number of hydrogen-bond donors (Lipinski definition) is 8. The molecule has 21 unspecified atom stereocenters. The summed E-state index contributed by atoms with van der Waals surface area (Å²) < 4.78 is 21.2. The maximum Gasteiger partial charge on any atom is 0.333 e. The van der Waals surface area contributed by atoms with Gasteiger partial charge in [-0.3, -0.25) is 10.5 Å². The SMILES string of the molecule is CC=C(C)C(=O)OC1CC2C(O)C3C(=O)CC(CO)OC3C3C2OC1(C)C(CC1CCC(N)[NH2+]C1)CC1CCC2CCC(O)CC2C(CO)C3C2CCNC(N)C12. The Morgan fingerprint density at radius 3 is 2.44 bits per heavy atom. The second kappa shape index (κ2) is 17.1. The Hall–Kier alpha value is -1.52. The number of carbonyl (C=O) groups excluding carboxylic acids is 2. The Bertz CT molecular complexity index is 1480. The van der Waals surface area contributed by atoms with E-state index in [9.17, 15) is 30.0 Å². The van der Waals surface area contributed by atoms with Crippen LogP contribution < -0.4 is 22.1 Å². The molecule has 0 spiro atoms. The Morgan fingerprint density at radius 2 is 1.72 bits per heavy atom. The number of nitrogens with one attached hydrogen (secondary N) is 1. The van der Waals surface area contributed by atoms with Gasteiger partial charge in [0.05, 0.1) is 55.8 Å². The number of piperidine rings is 2. The van der Waals surface area contributed by atoms with Gasteiger partial charge in [0.25, 0.3) is 0 Å². The number of rotatable bonds is 6. The fourth-order valence-electron chi connectivity index (χ4n) is 14.4. The summed E-state index contributed by atoms with van der Waals surface area (Å²) in [5, 5.41) is 52.0. The van der Waals surface area contributed by atoms with E-state index in [4.69, 9.17) is 25.7 Å². The van der Waals surface area contributed by atoms with Crippen LogP contribution in [-0.4, -0.2) is 113 Å². The number of carbonyl (C=O) groups is 2. The van der Waals surface area contributed by atoms with Crippen LogP contribution in [0, 0.1) is 71.0 Å². The highest BCUT2D eigenvalue weighted by Gasteiger charge is 2.67. The van der Waals surface area contributed by atoms with Crippen molar-refractivity contribution in [1.29, 1.82) is 0 Å². The van der Waals surface area contributed by atoms with Gasteiger partial charge in [0.1, 0.15) is 23.7 Å². The van der Waals surface area contributed by atoms with Gasteiger partial charge in [-0.25, -0.2) is 4.79 Å². The average molecular weight is 802 g/mol. The van der Waals surface area contributed by atoms with Gasteiger partial charge in [-0.05, 0) is 139 Å². The first-order chi connectivity index (χ1) is 27.4. The van der Waals surface area contributed by atoms with Crippen LogP contribution in [0.1, 0.15) is 97.8 Å². The number of aliphatic hydroxyl groups excluding tert-OH is 4. The van der Waals surface area contributed by atoms with Crippen LogP contribution >= 0.6 is 0 Å². The minimum atomic E-state index is -1.11. The number of allylic oxidation sites excluding steroid dienone is 1. The molecule has 0 radical (unpaired) electrons. The van der Waals surface area contributed by atoms with Gasteiger partial charge in [0.2, 0.25) is 0 Å². The minimum absolute atomic E-state index is 0.00829. The van der Waals surface area contributed by atoms with E-state index in [0.29, 0.717) is 30.3 Å². The second-order valence-corrected chi connectivity index (χ2v) is 20.1. The molecule has 11 N–H and O–H groups in total. The first kappa shape index (κ1) is 42.2. The van der Waals surface area contributed by atoms with E-state index in [2.05, 4.69) is 17.6 Å². The number of fused-ring (bicyclic) bond motifs is 5. The number of nitrogens with two attached hydrogens (primary N) is 3. The molecule has 3 saturated carbocycles. The van der Waals surface area contributed by atoms with Crippen LogP contribution in [0.25, 0.3) is 0 Å². The Morgan fingerprint density at radius 1 is 0.947 bits per heavy atom. The van der Waals surface area contributed by atoms with Gasteiger partial charge in [0, 0.05) is 42.8 Å². The quantitative estimate of drug-likeness (QED) is 0.139. The van der Waals surface area contributed by atoms with E-state index in [-0.39, 0.29) is 79.2 Å². The lowest BCUT2D eigenvalue weighted by molar-refractivity contribution is -0.703. The van der Waals surface area contributed by atoms with Gasteiger partial charge in [0.15, 0.2) is 0 Å². The fraction of sp³-hybridized carbons (Fsp3) is 0.909. The zero-order valence-corrected chi connectivity index (χ0v) is 34.5. The minimum Gasteiger partial charge on any atom is -0.456 e. The normalized spacial score (nSPS) is 51.6. The fourth-order valence-corrected chi connectivity index (χ4v) is 14.4. The van der Waals surface area contributed by atoms with Crippen LogP contribution in [-0.2, 0) is 23.8 Å². The molecular weight excluding hydrogens is 729 g/mol. The number of quaternary nitrogens is 1. The zero-order valence-electron chi connectivity index (χ0n) is 34.5.